The second kappa shape index (κ2) is 6.37. The van der Waals surface area contributed by atoms with E-state index < -0.39 is 12.2 Å². The number of hydrogen-bond donors (Lipinski definition) is 3. The third-order valence-electron chi connectivity index (χ3n) is 3.07. The minimum Gasteiger partial charge on any atom is -0.445 e. The Bertz CT molecular complexity index is 383. The van der Waals surface area contributed by atoms with Gasteiger partial charge in [0.1, 0.15) is 19.3 Å². The number of piperidine rings is 1. The largest absolute Gasteiger partial charge is 0.445 e. The lowest BCUT2D eigenvalue weighted by Crippen LogP contribution is -2.90. The highest BCUT2D eigenvalue weighted by molar-refractivity contribution is 5.67. The summed E-state index contributed by atoms with van der Waals surface area (Å²) in [7, 11) is 0. The molecule has 1 aliphatic rings. The SMILES string of the molecule is O=C(NC1CC[NH2+]CC1O)OCc1ccccc1. The lowest BCUT2D eigenvalue weighted by Gasteiger charge is -2.26. The predicted octanol–water partition coefficient (Wildman–Crippen LogP) is -0.391. The Labute approximate surface area is 106 Å². The van der Waals surface area contributed by atoms with E-state index in [9.17, 15) is 9.90 Å². The number of hydrogen-bond acceptors (Lipinski definition) is 3. The van der Waals surface area contributed by atoms with Crippen LogP contribution in [0.4, 0.5) is 4.79 Å². The van der Waals surface area contributed by atoms with Crippen molar-refractivity contribution in [2.45, 2.75) is 25.2 Å². The number of carbonyl (C=O) groups excluding carboxylic acids is 1. The Morgan fingerprint density at radius 2 is 2.22 bits per heavy atom. The molecule has 1 amide bonds. The highest BCUT2D eigenvalue weighted by Gasteiger charge is 2.27. The Kier molecular flexibility index (Phi) is 4.55. The number of ether oxygens (including phenoxy) is 1. The van der Waals surface area contributed by atoms with Crippen LogP contribution in [0.2, 0.25) is 0 Å². The summed E-state index contributed by atoms with van der Waals surface area (Å²) in [4.78, 5) is 11.6. The number of nitrogens with one attached hydrogen (secondary N) is 1. The molecule has 1 aromatic carbocycles. The zero-order chi connectivity index (χ0) is 12.8. The Morgan fingerprint density at radius 1 is 1.44 bits per heavy atom. The number of nitrogens with two attached hydrogens (primary N) is 1. The van der Waals surface area contributed by atoms with Crippen molar-refractivity contribution in [1.29, 1.82) is 0 Å². The summed E-state index contributed by atoms with van der Waals surface area (Å²) in [6.45, 7) is 1.80. The van der Waals surface area contributed by atoms with Crippen LogP contribution >= 0.6 is 0 Å². The summed E-state index contributed by atoms with van der Waals surface area (Å²) >= 11 is 0. The van der Waals surface area contributed by atoms with E-state index in [2.05, 4.69) is 5.32 Å². The fourth-order valence-electron chi connectivity index (χ4n) is 2.03. The van der Waals surface area contributed by atoms with E-state index in [-0.39, 0.29) is 12.6 Å². The van der Waals surface area contributed by atoms with Gasteiger partial charge >= 0.3 is 6.09 Å². The molecule has 0 bridgehead atoms. The van der Waals surface area contributed by atoms with Crippen molar-refractivity contribution in [3.05, 3.63) is 35.9 Å². The molecule has 1 fully saturated rings. The molecule has 5 nitrogen and oxygen atoms in total. The van der Waals surface area contributed by atoms with Crippen molar-refractivity contribution < 1.29 is 20.0 Å². The van der Waals surface area contributed by atoms with E-state index in [1.54, 1.807) is 0 Å². The number of quaternary nitrogens is 1. The van der Waals surface area contributed by atoms with Gasteiger partial charge in [-0.3, -0.25) is 0 Å². The number of aliphatic hydroxyl groups excluding tert-OH is 1. The van der Waals surface area contributed by atoms with Gasteiger partial charge in [-0.15, -0.1) is 0 Å². The summed E-state index contributed by atoms with van der Waals surface area (Å²) in [6.07, 6.45) is -0.199. The van der Waals surface area contributed by atoms with Crippen molar-refractivity contribution >= 4 is 6.09 Å². The fraction of sp³-hybridized carbons (Fsp3) is 0.462. The minimum atomic E-state index is -0.497. The van der Waals surface area contributed by atoms with E-state index >= 15 is 0 Å². The molecule has 2 atom stereocenters. The van der Waals surface area contributed by atoms with Crippen LogP contribution in [0.5, 0.6) is 0 Å². The summed E-state index contributed by atoms with van der Waals surface area (Å²) in [5.41, 5.74) is 0.949. The van der Waals surface area contributed by atoms with Gasteiger partial charge in [0.15, 0.2) is 0 Å². The smallest absolute Gasteiger partial charge is 0.407 e. The third-order valence-corrected chi connectivity index (χ3v) is 3.07. The molecule has 1 heterocycles. The van der Waals surface area contributed by atoms with Crippen molar-refractivity contribution in [3.8, 4) is 0 Å². The Hall–Kier alpha value is -1.59. The molecule has 5 heteroatoms. The first kappa shape index (κ1) is 12.9. The molecule has 1 aromatic rings. The van der Waals surface area contributed by atoms with Gasteiger partial charge in [0, 0.05) is 6.42 Å². The Balaban J connectivity index is 1.75. The van der Waals surface area contributed by atoms with E-state index in [1.165, 1.54) is 0 Å². The average Bonchev–Trinajstić information content (AvgIpc) is 2.40. The normalized spacial score (nSPS) is 23.4. The summed E-state index contributed by atoms with van der Waals surface area (Å²) in [5.74, 6) is 0. The van der Waals surface area contributed by atoms with Gasteiger partial charge in [-0.1, -0.05) is 30.3 Å². The maximum Gasteiger partial charge on any atom is 0.407 e. The number of aliphatic hydroxyl groups is 1. The van der Waals surface area contributed by atoms with Crippen molar-refractivity contribution in [2.75, 3.05) is 13.1 Å². The predicted molar refractivity (Wildman–Crippen MR) is 65.8 cm³/mol. The van der Waals surface area contributed by atoms with Gasteiger partial charge in [0.25, 0.3) is 0 Å². The zero-order valence-electron chi connectivity index (χ0n) is 10.2. The number of rotatable bonds is 3. The van der Waals surface area contributed by atoms with Crippen LogP contribution in [0.3, 0.4) is 0 Å². The average molecular weight is 251 g/mol. The van der Waals surface area contributed by atoms with E-state index in [0.717, 1.165) is 18.5 Å². The van der Waals surface area contributed by atoms with E-state index in [0.29, 0.717) is 6.54 Å². The van der Waals surface area contributed by atoms with Gasteiger partial charge < -0.3 is 20.5 Å². The van der Waals surface area contributed by atoms with Gasteiger partial charge in [0.05, 0.1) is 12.6 Å². The van der Waals surface area contributed by atoms with Crippen molar-refractivity contribution in [1.82, 2.24) is 5.32 Å². The van der Waals surface area contributed by atoms with Crippen LogP contribution in [0.25, 0.3) is 0 Å². The molecule has 0 aliphatic carbocycles. The molecule has 0 saturated carbocycles. The van der Waals surface area contributed by atoms with Crippen LogP contribution in [0.1, 0.15) is 12.0 Å². The second-order valence-corrected chi connectivity index (χ2v) is 4.48. The number of alkyl carbamates (subject to hydrolysis) is 1. The first-order valence-electron chi connectivity index (χ1n) is 6.22. The molecular weight excluding hydrogens is 232 g/mol. The zero-order valence-corrected chi connectivity index (χ0v) is 10.2. The Morgan fingerprint density at radius 3 is 2.94 bits per heavy atom. The maximum atomic E-state index is 11.6. The summed E-state index contributed by atoms with van der Waals surface area (Å²) in [6, 6.07) is 9.32. The van der Waals surface area contributed by atoms with Gasteiger partial charge in [-0.05, 0) is 5.56 Å². The van der Waals surface area contributed by atoms with Crippen LogP contribution < -0.4 is 10.6 Å². The third kappa shape index (κ3) is 3.72. The standard InChI is InChI=1S/C13H18N2O3/c16-12-8-14-7-6-11(12)15-13(17)18-9-10-4-2-1-3-5-10/h1-5,11-12,14,16H,6-9H2,(H,15,17)/p+1. The summed E-state index contributed by atoms with van der Waals surface area (Å²) < 4.78 is 5.11. The molecule has 98 valence electrons. The van der Waals surface area contributed by atoms with Crippen LogP contribution in [0, 0.1) is 0 Å². The van der Waals surface area contributed by atoms with E-state index in [4.69, 9.17) is 4.74 Å². The summed E-state index contributed by atoms with van der Waals surface area (Å²) in [5, 5.41) is 14.4. The lowest BCUT2D eigenvalue weighted by molar-refractivity contribution is -0.670. The van der Waals surface area contributed by atoms with Crippen molar-refractivity contribution in [3.63, 3.8) is 0 Å². The topological polar surface area (TPSA) is 75.2 Å². The van der Waals surface area contributed by atoms with Crippen LogP contribution in [0.15, 0.2) is 30.3 Å². The molecule has 0 spiro atoms. The van der Waals surface area contributed by atoms with E-state index in [1.807, 2.05) is 35.6 Å². The number of benzene rings is 1. The molecule has 1 aliphatic heterocycles. The molecule has 0 aromatic heterocycles. The molecular formula is C13H19N2O3+. The van der Waals surface area contributed by atoms with Crippen LogP contribution in [-0.2, 0) is 11.3 Å². The van der Waals surface area contributed by atoms with Crippen molar-refractivity contribution in [2.24, 2.45) is 0 Å². The molecule has 1 saturated heterocycles. The first-order valence-corrected chi connectivity index (χ1v) is 6.22. The highest BCUT2D eigenvalue weighted by Crippen LogP contribution is 2.03. The molecule has 2 unspecified atom stereocenters. The number of amides is 1. The molecule has 2 rings (SSSR count). The highest BCUT2D eigenvalue weighted by atomic mass is 16.5. The number of carbonyl (C=O) groups is 1. The van der Waals surface area contributed by atoms with Crippen LogP contribution in [-0.4, -0.2) is 36.4 Å². The lowest BCUT2D eigenvalue weighted by atomic mass is 10.0. The van der Waals surface area contributed by atoms with Gasteiger partial charge in [-0.2, -0.15) is 0 Å². The quantitative estimate of drug-likeness (QED) is 0.685. The first-order chi connectivity index (χ1) is 8.75. The van der Waals surface area contributed by atoms with Gasteiger partial charge in [-0.25, -0.2) is 4.79 Å². The maximum absolute atomic E-state index is 11.6. The molecule has 4 N–H and O–H groups in total. The second-order valence-electron chi connectivity index (χ2n) is 4.48. The molecule has 18 heavy (non-hydrogen) atoms. The minimum absolute atomic E-state index is 0.196. The molecule has 0 radical (unpaired) electrons. The van der Waals surface area contributed by atoms with Gasteiger partial charge in [0.2, 0.25) is 0 Å². The monoisotopic (exact) mass is 251 g/mol. The fourth-order valence-corrected chi connectivity index (χ4v) is 2.03.